The highest BCUT2D eigenvalue weighted by atomic mass is 19.3. The first-order chi connectivity index (χ1) is 9.47. The zero-order valence-corrected chi connectivity index (χ0v) is 10.6. The van der Waals surface area contributed by atoms with Crippen LogP contribution in [0.4, 0.5) is 13.2 Å². The standard InChI is InChI=1S/C15H11F3O2/c1-9-6-10(8-11(16)7-9)14(19)12-4-2-3-5-13(12)20-15(17)18/h2-8,15H,1H3. The minimum Gasteiger partial charge on any atom is -0.434 e. The molecule has 20 heavy (non-hydrogen) atoms. The van der Waals surface area contributed by atoms with Crippen molar-refractivity contribution < 1.29 is 22.7 Å². The molecule has 0 bridgehead atoms. The van der Waals surface area contributed by atoms with Gasteiger partial charge in [0.05, 0.1) is 5.56 Å². The maximum atomic E-state index is 13.3. The fraction of sp³-hybridized carbons (Fsp3) is 0.133. The van der Waals surface area contributed by atoms with E-state index in [4.69, 9.17) is 0 Å². The molecule has 5 heteroatoms. The van der Waals surface area contributed by atoms with E-state index in [1.165, 1.54) is 36.4 Å². The van der Waals surface area contributed by atoms with Crippen molar-refractivity contribution in [3.8, 4) is 5.75 Å². The van der Waals surface area contributed by atoms with Gasteiger partial charge < -0.3 is 4.74 Å². The summed E-state index contributed by atoms with van der Waals surface area (Å²) in [6, 6.07) is 9.46. The van der Waals surface area contributed by atoms with Crippen molar-refractivity contribution in [3.05, 3.63) is 65.0 Å². The molecule has 0 radical (unpaired) electrons. The van der Waals surface area contributed by atoms with Gasteiger partial charge in [0.25, 0.3) is 0 Å². The molecule has 0 aliphatic heterocycles. The zero-order chi connectivity index (χ0) is 14.7. The van der Waals surface area contributed by atoms with Gasteiger partial charge in [-0.15, -0.1) is 0 Å². The summed E-state index contributed by atoms with van der Waals surface area (Å²) in [4.78, 5) is 12.3. The number of hydrogen-bond acceptors (Lipinski definition) is 2. The lowest BCUT2D eigenvalue weighted by Crippen LogP contribution is -2.09. The number of rotatable bonds is 4. The summed E-state index contributed by atoms with van der Waals surface area (Å²) in [6.07, 6.45) is 0. The monoisotopic (exact) mass is 280 g/mol. The van der Waals surface area contributed by atoms with E-state index < -0.39 is 18.2 Å². The molecule has 0 saturated heterocycles. The minimum absolute atomic E-state index is 0.0298. The van der Waals surface area contributed by atoms with Crippen LogP contribution in [0.3, 0.4) is 0 Å². The highest BCUT2D eigenvalue weighted by molar-refractivity contribution is 6.10. The van der Waals surface area contributed by atoms with Crippen molar-refractivity contribution in [1.82, 2.24) is 0 Å². The second-order valence-corrected chi connectivity index (χ2v) is 4.22. The third-order valence-electron chi connectivity index (χ3n) is 2.65. The van der Waals surface area contributed by atoms with Gasteiger partial charge >= 0.3 is 6.61 Å². The summed E-state index contributed by atoms with van der Waals surface area (Å²) in [5.74, 6) is -1.35. The quantitative estimate of drug-likeness (QED) is 0.792. The lowest BCUT2D eigenvalue weighted by Gasteiger charge is -2.10. The lowest BCUT2D eigenvalue weighted by molar-refractivity contribution is -0.0501. The van der Waals surface area contributed by atoms with Gasteiger partial charge in [0, 0.05) is 5.56 Å². The third kappa shape index (κ3) is 3.17. The molecule has 0 aliphatic carbocycles. The van der Waals surface area contributed by atoms with E-state index in [1.807, 2.05) is 0 Å². The van der Waals surface area contributed by atoms with Crippen LogP contribution in [0.1, 0.15) is 21.5 Å². The second-order valence-electron chi connectivity index (χ2n) is 4.22. The molecule has 0 saturated carbocycles. The average Bonchev–Trinajstić information content (AvgIpc) is 2.36. The van der Waals surface area contributed by atoms with Crippen molar-refractivity contribution in [2.75, 3.05) is 0 Å². The predicted molar refractivity (Wildman–Crippen MR) is 67.6 cm³/mol. The Labute approximate surface area is 113 Å². The largest absolute Gasteiger partial charge is 0.434 e. The smallest absolute Gasteiger partial charge is 0.387 e. The number of ketones is 1. The summed E-state index contributed by atoms with van der Waals surface area (Å²) in [6.45, 7) is -1.39. The van der Waals surface area contributed by atoms with E-state index in [0.29, 0.717) is 5.56 Å². The van der Waals surface area contributed by atoms with Crippen LogP contribution in [0.25, 0.3) is 0 Å². The Kier molecular flexibility index (Phi) is 4.08. The van der Waals surface area contributed by atoms with Crippen molar-refractivity contribution in [1.29, 1.82) is 0 Å². The van der Waals surface area contributed by atoms with Crippen LogP contribution in [0.15, 0.2) is 42.5 Å². The molecule has 0 atom stereocenters. The number of alkyl halides is 2. The fourth-order valence-corrected chi connectivity index (χ4v) is 1.88. The second kappa shape index (κ2) is 5.77. The molecular weight excluding hydrogens is 269 g/mol. The van der Waals surface area contributed by atoms with Crippen LogP contribution in [0.5, 0.6) is 5.75 Å². The topological polar surface area (TPSA) is 26.3 Å². The van der Waals surface area contributed by atoms with Crippen molar-refractivity contribution in [3.63, 3.8) is 0 Å². The molecule has 2 aromatic carbocycles. The molecule has 0 unspecified atom stereocenters. The van der Waals surface area contributed by atoms with E-state index in [1.54, 1.807) is 6.92 Å². The molecule has 104 valence electrons. The first kappa shape index (κ1) is 14.1. The normalized spacial score (nSPS) is 10.7. The molecule has 0 aromatic heterocycles. The number of para-hydroxylation sites is 1. The van der Waals surface area contributed by atoms with E-state index in [9.17, 15) is 18.0 Å². The SMILES string of the molecule is Cc1cc(F)cc(C(=O)c2ccccc2OC(F)F)c1. The minimum atomic E-state index is -3.03. The van der Waals surface area contributed by atoms with Crippen LogP contribution in [0.2, 0.25) is 0 Å². The Hall–Kier alpha value is -2.30. The van der Waals surface area contributed by atoms with Gasteiger partial charge in [-0.2, -0.15) is 8.78 Å². The van der Waals surface area contributed by atoms with Crippen LogP contribution in [-0.4, -0.2) is 12.4 Å². The molecule has 2 rings (SSSR count). The first-order valence-corrected chi connectivity index (χ1v) is 5.83. The molecule has 2 nitrogen and oxygen atoms in total. The zero-order valence-electron chi connectivity index (χ0n) is 10.6. The lowest BCUT2D eigenvalue weighted by atomic mass is 10.0. The van der Waals surface area contributed by atoms with Gasteiger partial charge in [-0.1, -0.05) is 12.1 Å². The van der Waals surface area contributed by atoms with Crippen molar-refractivity contribution in [2.45, 2.75) is 13.5 Å². The molecule has 0 aliphatic rings. The van der Waals surface area contributed by atoms with Crippen LogP contribution < -0.4 is 4.74 Å². The summed E-state index contributed by atoms with van der Waals surface area (Å²) in [5.41, 5.74) is 0.631. The molecule has 0 amide bonds. The number of hydrogen-bond donors (Lipinski definition) is 0. The van der Waals surface area contributed by atoms with E-state index in [2.05, 4.69) is 4.74 Å². The van der Waals surface area contributed by atoms with Gasteiger partial charge in [0.2, 0.25) is 0 Å². The summed E-state index contributed by atoms with van der Waals surface area (Å²) in [5, 5.41) is 0. The Morgan fingerprint density at radius 2 is 1.85 bits per heavy atom. The molecule has 2 aromatic rings. The van der Waals surface area contributed by atoms with Gasteiger partial charge in [-0.3, -0.25) is 4.79 Å². The molecular formula is C15H11F3O2. The maximum Gasteiger partial charge on any atom is 0.387 e. The van der Waals surface area contributed by atoms with E-state index in [-0.39, 0.29) is 16.9 Å². The highest BCUT2D eigenvalue weighted by Crippen LogP contribution is 2.24. The van der Waals surface area contributed by atoms with Gasteiger partial charge in [0.15, 0.2) is 5.78 Å². The Bertz CT molecular complexity index is 619. The predicted octanol–water partition coefficient (Wildman–Crippen LogP) is 3.97. The van der Waals surface area contributed by atoms with Gasteiger partial charge in [-0.25, -0.2) is 4.39 Å². The van der Waals surface area contributed by atoms with Crippen LogP contribution in [-0.2, 0) is 0 Å². The average molecular weight is 280 g/mol. The van der Waals surface area contributed by atoms with E-state index in [0.717, 1.165) is 6.07 Å². The number of ether oxygens (including phenoxy) is 1. The summed E-state index contributed by atoms with van der Waals surface area (Å²) in [7, 11) is 0. The molecule has 0 fully saturated rings. The summed E-state index contributed by atoms with van der Waals surface area (Å²) < 4.78 is 42.2. The Morgan fingerprint density at radius 1 is 1.15 bits per heavy atom. The summed E-state index contributed by atoms with van der Waals surface area (Å²) >= 11 is 0. The number of aryl methyl sites for hydroxylation is 1. The highest BCUT2D eigenvalue weighted by Gasteiger charge is 2.17. The Balaban J connectivity index is 2.42. The third-order valence-corrected chi connectivity index (χ3v) is 2.65. The number of carbonyl (C=O) groups is 1. The van der Waals surface area contributed by atoms with Gasteiger partial charge in [0.1, 0.15) is 11.6 Å². The molecule has 0 N–H and O–H groups in total. The van der Waals surface area contributed by atoms with Crippen molar-refractivity contribution in [2.24, 2.45) is 0 Å². The number of benzene rings is 2. The van der Waals surface area contributed by atoms with Crippen LogP contribution >= 0.6 is 0 Å². The maximum absolute atomic E-state index is 13.3. The molecule has 0 spiro atoms. The number of carbonyl (C=O) groups excluding carboxylic acids is 1. The fourth-order valence-electron chi connectivity index (χ4n) is 1.88. The van der Waals surface area contributed by atoms with Crippen molar-refractivity contribution >= 4 is 5.78 Å². The first-order valence-electron chi connectivity index (χ1n) is 5.83. The molecule has 0 heterocycles. The van der Waals surface area contributed by atoms with Gasteiger partial charge in [-0.05, 0) is 42.8 Å². The van der Waals surface area contributed by atoms with E-state index >= 15 is 0 Å². The number of halogens is 3. The van der Waals surface area contributed by atoms with Crippen LogP contribution in [0, 0.1) is 12.7 Å². The Morgan fingerprint density at radius 3 is 2.50 bits per heavy atom.